The zero-order valence-electron chi connectivity index (χ0n) is 17.3. The lowest BCUT2D eigenvalue weighted by molar-refractivity contribution is -0.138. The highest BCUT2D eigenvalue weighted by molar-refractivity contribution is 7.89. The van der Waals surface area contributed by atoms with Crippen LogP contribution in [0.25, 0.3) is 6.08 Å². The quantitative estimate of drug-likeness (QED) is 0.519. The van der Waals surface area contributed by atoms with E-state index in [9.17, 15) is 18.0 Å². The molecular weight excluding hydrogens is 420 g/mol. The van der Waals surface area contributed by atoms with E-state index in [2.05, 4.69) is 5.32 Å². The molecule has 0 radical (unpaired) electrons. The third-order valence-corrected chi connectivity index (χ3v) is 6.87. The molecule has 9 heteroatoms. The van der Waals surface area contributed by atoms with Crippen molar-refractivity contribution >= 4 is 28.0 Å². The van der Waals surface area contributed by atoms with Crippen LogP contribution in [-0.2, 0) is 24.3 Å². The van der Waals surface area contributed by atoms with Crippen molar-refractivity contribution < 1.29 is 27.5 Å². The number of carbonyl (C=O) groups excluding carboxylic acids is 2. The molecule has 0 bridgehead atoms. The van der Waals surface area contributed by atoms with Crippen LogP contribution in [0, 0.1) is 0 Å². The van der Waals surface area contributed by atoms with Gasteiger partial charge in [-0.25, -0.2) is 13.2 Å². The molecule has 1 fully saturated rings. The van der Waals surface area contributed by atoms with E-state index in [0.29, 0.717) is 24.2 Å². The van der Waals surface area contributed by atoms with Crippen LogP contribution in [0.3, 0.4) is 0 Å². The molecule has 2 aromatic rings. The number of benzene rings is 2. The fourth-order valence-electron chi connectivity index (χ4n) is 3.36. The Kier molecular flexibility index (Phi) is 7.09. The number of nitrogens with zero attached hydrogens (tertiary/aromatic N) is 1. The normalized spacial score (nSPS) is 17.2. The Bertz CT molecular complexity index is 1060. The first-order valence-electron chi connectivity index (χ1n) is 9.68. The van der Waals surface area contributed by atoms with Crippen molar-refractivity contribution in [2.24, 2.45) is 0 Å². The van der Waals surface area contributed by atoms with Gasteiger partial charge in [0.15, 0.2) is 0 Å². The van der Waals surface area contributed by atoms with E-state index < -0.39 is 27.9 Å². The second-order valence-electron chi connectivity index (χ2n) is 6.90. The van der Waals surface area contributed by atoms with Gasteiger partial charge in [-0.05, 0) is 48.7 Å². The van der Waals surface area contributed by atoms with Crippen molar-refractivity contribution in [1.82, 2.24) is 9.62 Å². The van der Waals surface area contributed by atoms with Crippen LogP contribution >= 0.6 is 0 Å². The zero-order chi connectivity index (χ0) is 22.4. The van der Waals surface area contributed by atoms with Crippen molar-refractivity contribution in [3.63, 3.8) is 0 Å². The number of esters is 1. The summed E-state index contributed by atoms with van der Waals surface area (Å²) in [5.41, 5.74) is 0.559. The molecule has 0 aliphatic carbocycles. The van der Waals surface area contributed by atoms with Crippen LogP contribution < -0.4 is 10.1 Å². The van der Waals surface area contributed by atoms with Gasteiger partial charge in [0.2, 0.25) is 15.9 Å². The van der Waals surface area contributed by atoms with Gasteiger partial charge < -0.3 is 14.8 Å². The summed E-state index contributed by atoms with van der Waals surface area (Å²) in [4.78, 5) is 25.3. The standard InChI is InChI=1S/C22H24N2O6S/c1-29-17-12-10-16(11-13-17)15-19(22(26)30-2)23-21(25)20-9-6-14-24(20)31(27,28)18-7-4-3-5-8-18/h3-5,7-8,10-13,15,20H,6,9,14H2,1-2H3,(H,23,25)/b19-15-/t20-/m0/s1. The van der Waals surface area contributed by atoms with Gasteiger partial charge in [-0.15, -0.1) is 0 Å². The summed E-state index contributed by atoms with van der Waals surface area (Å²) >= 11 is 0. The zero-order valence-corrected chi connectivity index (χ0v) is 18.1. The Hall–Kier alpha value is -3.17. The molecule has 1 heterocycles. The first-order valence-corrected chi connectivity index (χ1v) is 11.1. The Morgan fingerprint density at radius 2 is 1.74 bits per heavy atom. The smallest absolute Gasteiger partial charge is 0.354 e. The van der Waals surface area contributed by atoms with E-state index in [1.54, 1.807) is 49.6 Å². The summed E-state index contributed by atoms with van der Waals surface area (Å²) in [7, 11) is -1.09. The number of nitrogens with one attached hydrogen (secondary N) is 1. The molecule has 1 saturated heterocycles. The molecule has 1 N–H and O–H groups in total. The molecular formula is C22H24N2O6S. The van der Waals surface area contributed by atoms with E-state index in [1.165, 1.54) is 29.6 Å². The maximum absolute atomic E-state index is 13.0. The van der Waals surface area contributed by atoms with Gasteiger partial charge in [0.25, 0.3) is 0 Å². The van der Waals surface area contributed by atoms with Gasteiger partial charge in [0.1, 0.15) is 17.5 Å². The molecule has 0 saturated carbocycles. The number of methoxy groups -OCH3 is 2. The van der Waals surface area contributed by atoms with Crippen LogP contribution in [0.2, 0.25) is 0 Å². The lowest BCUT2D eigenvalue weighted by atomic mass is 10.1. The second kappa shape index (κ2) is 9.76. The highest BCUT2D eigenvalue weighted by atomic mass is 32.2. The van der Waals surface area contributed by atoms with Gasteiger partial charge >= 0.3 is 5.97 Å². The van der Waals surface area contributed by atoms with E-state index >= 15 is 0 Å². The maximum Gasteiger partial charge on any atom is 0.354 e. The predicted octanol–water partition coefficient (Wildman–Crippen LogP) is 2.18. The Morgan fingerprint density at radius 1 is 1.06 bits per heavy atom. The summed E-state index contributed by atoms with van der Waals surface area (Å²) in [6, 6.07) is 13.9. The largest absolute Gasteiger partial charge is 0.497 e. The van der Waals surface area contributed by atoms with Crippen molar-refractivity contribution in [2.45, 2.75) is 23.8 Å². The van der Waals surface area contributed by atoms with Crippen LogP contribution in [-0.4, -0.2) is 51.4 Å². The average Bonchev–Trinajstić information content (AvgIpc) is 3.30. The minimum Gasteiger partial charge on any atom is -0.497 e. The topological polar surface area (TPSA) is 102 Å². The monoisotopic (exact) mass is 444 g/mol. The highest BCUT2D eigenvalue weighted by Gasteiger charge is 2.39. The molecule has 1 aliphatic rings. The summed E-state index contributed by atoms with van der Waals surface area (Å²) in [5, 5.41) is 2.55. The summed E-state index contributed by atoms with van der Waals surface area (Å²) in [6.07, 6.45) is 2.36. The highest BCUT2D eigenvalue weighted by Crippen LogP contribution is 2.26. The van der Waals surface area contributed by atoms with Crippen LogP contribution in [0.1, 0.15) is 18.4 Å². The molecule has 0 spiro atoms. The van der Waals surface area contributed by atoms with Gasteiger partial charge in [-0.1, -0.05) is 30.3 Å². The number of hydrogen-bond donors (Lipinski definition) is 1. The molecule has 8 nitrogen and oxygen atoms in total. The summed E-state index contributed by atoms with van der Waals surface area (Å²) in [5.74, 6) is -0.671. The maximum atomic E-state index is 13.0. The number of rotatable bonds is 7. The molecule has 31 heavy (non-hydrogen) atoms. The predicted molar refractivity (Wildman–Crippen MR) is 114 cm³/mol. The van der Waals surface area contributed by atoms with Crippen LogP contribution in [0.5, 0.6) is 5.75 Å². The first-order chi connectivity index (χ1) is 14.9. The fourth-order valence-corrected chi connectivity index (χ4v) is 5.03. The molecule has 3 rings (SSSR count). The van der Waals surface area contributed by atoms with Crippen molar-refractivity contribution in [3.05, 3.63) is 65.9 Å². The number of ether oxygens (including phenoxy) is 2. The molecule has 0 unspecified atom stereocenters. The van der Waals surface area contributed by atoms with Gasteiger partial charge in [0.05, 0.1) is 19.1 Å². The van der Waals surface area contributed by atoms with Crippen molar-refractivity contribution in [1.29, 1.82) is 0 Å². The minimum absolute atomic E-state index is 0.0818. The van der Waals surface area contributed by atoms with Gasteiger partial charge in [-0.3, -0.25) is 4.79 Å². The fraction of sp³-hybridized carbons (Fsp3) is 0.273. The number of hydrogen-bond acceptors (Lipinski definition) is 6. The van der Waals surface area contributed by atoms with Gasteiger partial charge in [0, 0.05) is 6.54 Å². The third-order valence-electron chi connectivity index (χ3n) is 4.95. The number of carbonyl (C=O) groups is 2. The van der Waals surface area contributed by atoms with E-state index in [-0.39, 0.29) is 17.1 Å². The number of sulfonamides is 1. The van der Waals surface area contributed by atoms with E-state index in [0.717, 1.165) is 0 Å². The third kappa shape index (κ3) is 5.12. The van der Waals surface area contributed by atoms with Crippen molar-refractivity contribution in [2.75, 3.05) is 20.8 Å². The lowest BCUT2D eigenvalue weighted by Crippen LogP contribution is -2.46. The van der Waals surface area contributed by atoms with E-state index in [1.807, 2.05) is 0 Å². The summed E-state index contributed by atoms with van der Waals surface area (Å²) < 4.78 is 37.1. The first kappa shape index (κ1) is 22.5. The lowest BCUT2D eigenvalue weighted by Gasteiger charge is -2.23. The molecule has 164 valence electrons. The Balaban J connectivity index is 1.83. The molecule has 1 atom stereocenters. The Labute approximate surface area is 181 Å². The SMILES string of the molecule is COC(=O)/C(=C/c1ccc(OC)cc1)NC(=O)[C@@H]1CCCN1S(=O)(=O)c1ccccc1. The Morgan fingerprint density at radius 3 is 2.35 bits per heavy atom. The molecule has 1 aliphatic heterocycles. The van der Waals surface area contributed by atoms with Crippen LogP contribution in [0.15, 0.2) is 65.2 Å². The molecule has 2 aromatic carbocycles. The molecule has 0 aromatic heterocycles. The van der Waals surface area contributed by atoms with Crippen LogP contribution in [0.4, 0.5) is 0 Å². The van der Waals surface area contributed by atoms with Gasteiger partial charge in [-0.2, -0.15) is 4.31 Å². The second-order valence-corrected chi connectivity index (χ2v) is 8.79. The minimum atomic E-state index is -3.84. The average molecular weight is 445 g/mol. The summed E-state index contributed by atoms with van der Waals surface area (Å²) in [6.45, 7) is 0.227. The van der Waals surface area contributed by atoms with E-state index in [4.69, 9.17) is 9.47 Å². The number of amides is 1. The van der Waals surface area contributed by atoms with Crippen molar-refractivity contribution in [3.8, 4) is 5.75 Å². The molecule has 1 amide bonds.